The highest BCUT2D eigenvalue weighted by Crippen LogP contribution is 2.16. The van der Waals surface area contributed by atoms with E-state index >= 15 is 0 Å². The number of rotatable bonds is 6. The molecule has 1 aliphatic heterocycles. The summed E-state index contributed by atoms with van der Waals surface area (Å²) in [4.78, 5) is 7.55. The van der Waals surface area contributed by atoms with Crippen LogP contribution in [-0.2, 0) is 14.8 Å². The van der Waals surface area contributed by atoms with Crippen LogP contribution in [0.3, 0.4) is 0 Å². The summed E-state index contributed by atoms with van der Waals surface area (Å²) in [6.45, 7) is 1.85. The zero-order chi connectivity index (χ0) is 13.7. The molecule has 1 aromatic heterocycles. The fourth-order valence-electron chi connectivity index (χ4n) is 1.82. The van der Waals surface area contributed by atoms with E-state index in [1.807, 2.05) is 0 Å². The third-order valence-electron chi connectivity index (χ3n) is 2.94. The summed E-state index contributed by atoms with van der Waals surface area (Å²) in [5.74, 6) is 5.71. The van der Waals surface area contributed by atoms with Gasteiger partial charge in [-0.25, -0.2) is 29.0 Å². The van der Waals surface area contributed by atoms with Crippen molar-refractivity contribution in [3.63, 3.8) is 0 Å². The van der Waals surface area contributed by atoms with Gasteiger partial charge in [-0.2, -0.15) is 0 Å². The molecule has 1 atom stereocenters. The lowest BCUT2D eigenvalue weighted by atomic mass is 10.1. The molecule has 8 nitrogen and oxygen atoms in total. The topological polar surface area (TPSA) is 119 Å². The van der Waals surface area contributed by atoms with Gasteiger partial charge in [0.2, 0.25) is 16.0 Å². The molecule has 1 aliphatic rings. The standard InChI is InChI=1S/C10H17N5O3S/c11-15-10-12-5-9(6-13-10)19(16,17)14-3-1-8-2-4-18-7-8/h5-6,8,14H,1-4,7,11H2,(H,12,13,15). The Labute approximate surface area is 111 Å². The molecule has 1 saturated heterocycles. The Hall–Kier alpha value is -1.29. The highest BCUT2D eigenvalue weighted by atomic mass is 32.2. The monoisotopic (exact) mass is 287 g/mol. The molecule has 2 rings (SSSR count). The minimum Gasteiger partial charge on any atom is -0.381 e. The number of nitrogens with one attached hydrogen (secondary N) is 2. The molecule has 19 heavy (non-hydrogen) atoms. The van der Waals surface area contributed by atoms with Gasteiger partial charge >= 0.3 is 0 Å². The minimum atomic E-state index is -3.56. The second-order valence-electron chi connectivity index (χ2n) is 4.30. The van der Waals surface area contributed by atoms with Crippen LogP contribution in [0.15, 0.2) is 17.3 Å². The van der Waals surface area contributed by atoms with Crippen molar-refractivity contribution in [2.24, 2.45) is 11.8 Å². The Morgan fingerprint density at radius 2 is 2.16 bits per heavy atom. The van der Waals surface area contributed by atoms with Crippen molar-refractivity contribution in [2.75, 3.05) is 25.2 Å². The highest BCUT2D eigenvalue weighted by Gasteiger charge is 2.18. The molecule has 0 saturated carbocycles. The van der Waals surface area contributed by atoms with Gasteiger partial charge in [-0.05, 0) is 18.8 Å². The first-order valence-corrected chi connectivity index (χ1v) is 7.46. The maximum absolute atomic E-state index is 11.9. The van der Waals surface area contributed by atoms with E-state index in [1.165, 1.54) is 12.4 Å². The zero-order valence-corrected chi connectivity index (χ0v) is 11.2. The normalized spacial score (nSPS) is 19.5. The van der Waals surface area contributed by atoms with Crippen LogP contribution in [0.25, 0.3) is 0 Å². The van der Waals surface area contributed by atoms with Gasteiger partial charge in [0.1, 0.15) is 4.90 Å². The molecule has 0 bridgehead atoms. The van der Waals surface area contributed by atoms with Crippen LogP contribution in [0.5, 0.6) is 0 Å². The Morgan fingerprint density at radius 1 is 1.42 bits per heavy atom. The molecule has 0 spiro atoms. The maximum atomic E-state index is 11.9. The van der Waals surface area contributed by atoms with Crippen LogP contribution in [-0.4, -0.2) is 38.1 Å². The van der Waals surface area contributed by atoms with Gasteiger partial charge in [0.15, 0.2) is 0 Å². The molecular weight excluding hydrogens is 270 g/mol. The van der Waals surface area contributed by atoms with Crippen LogP contribution < -0.4 is 16.0 Å². The van der Waals surface area contributed by atoms with E-state index in [2.05, 4.69) is 20.1 Å². The predicted octanol–water partition coefficient (Wildman–Crippen LogP) is -0.533. The van der Waals surface area contributed by atoms with Crippen molar-refractivity contribution in [3.05, 3.63) is 12.4 Å². The summed E-state index contributed by atoms with van der Waals surface area (Å²) >= 11 is 0. The lowest BCUT2D eigenvalue weighted by molar-refractivity contribution is 0.184. The third kappa shape index (κ3) is 3.83. The fourth-order valence-corrected chi connectivity index (χ4v) is 2.76. The van der Waals surface area contributed by atoms with Gasteiger partial charge in [0.05, 0.1) is 12.4 Å². The number of nitrogen functional groups attached to an aromatic ring is 1. The van der Waals surface area contributed by atoms with Gasteiger partial charge < -0.3 is 4.74 Å². The third-order valence-corrected chi connectivity index (χ3v) is 4.35. The minimum absolute atomic E-state index is 0.0224. The first-order valence-electron chi connectivity index (χ1n) is 5.98. The average molecular weight is 287 g/mol. The summed E-state index contributed by atoms with van der Waals surface area (Å²) < 4.78 is 31.6. The predicted molar refractivity (Wildman–Crippen MR) is 68.6 cm³/mol. The van der Waals surface area contributed by atoms with Gasteiger partial charge in [-0.3, -0.25) is 5.43 Å². The number of aromatic nitrogens is 2. The van der Waals surface area contributed by atoms with Crippen molar-refractivity contribution >= 4 is 16.0 Å². The van der Waals surface area contributed by atoms with E-state index in [0.717, 1.165) is 19.4 Å². The van der Waals surface area contributed by atoms with Crippen molar-refractivity contribution in [1.29, 1.82) is 0 Å². The van der Waals surface area contributed by atoms with E-state index < -0.39 is 10.0 Å². The average Bonchev–Trinajstić information content (AvgIpc) is 2.92. The molecule has 2 heterocycles. The summed E-state index contributed by atoms with van der Waals surface area (Å²) in [6.07, 6.45) is 4.18. The maximum Gasteiger partial charge on any atom is 0.243 e. The van der Waals surface area contributed by atoms with Gasteiger partial charge in [-0.1, -0.05) is 0 Å². The number of hydrazine groups is 1. The summed E-state index contributed by atoms with van der Waals surface area (Å²) in [5, 5.41) is 0. The van der Waals surface area contributed by atoms with Crippen LogP contribution in [0, 0.1) is 5.92 Å². The highest BCUT2D eigenvalue weighted by molar-refractivity contribution is 7.89. The van der Waals surface area contributed by atoms with Crippen molar-refractivity contribution in [2.45, 2.75) is 17.7 Å². The van der Waals surface area contributed by atoms with Crippen molar-refractivity contribution in [3.8, 4) is 0 Å². The molecule has 0 aliphatic carbocycles. The quantitative estimate of drug-likeness (QED) is 0.475. The fraction of sp³-hybridized carbons (Fsp3) is 0.600. The van der Waals surface area contributed by atoms with Crippen LogP contribution >= 0.6 is 0 Å². The number of anilines is 1. The summed E-state index contributed by atoms with van der Waals surface area (Å²) in [6, 6.07) is 0. The second kappa shape index (κ2) is 6.24. The molecule has 1 fully saturated rings. The van der Waals surface area contributed by atoms with Crippen LogP contribution in [0.2, 0.25) is 0 Å². The largest absolute Gasteiger partial charge is 0.381 e. The Morgan fingerprint density at radius 3 is 2.74 bits per heavy atom. The van der Waals surface area contributed by atoms with Crippen LogP contribution in [0.4, 0.5) is 5.95 Å². The first kappa shape index (κ1) is 14.1. The van der Waals surface area contributed by atoms with Gasteiger partial charge in [-0.15, -0.1) is 0 Å². The van der Waals surface area contributed by atoms with E-state index in [1.54, 1.807) is 0 Å². The number of hydrogen-bond donors (Lipinski definition) is 3. The lowest BCUT2D eigenvalue weighted by Crippen LogP contribution is -2.26. The first-order chi connectivity index (χ1) is 9.12. The second-order valence-corrected chi connectivity index (χ2v) is 6.07. The molecule has 1 unspecified atom stereocenters. The molecule has 1 aromatic rings. The van der Waals surface area contributed by atoms with Crippen molar-refractivity contribution < 1.29 is 13.2 Å². The van der Waals surface area contributed by atoms with Gasteiger partial charge in [0, 0.05) is 19.8 Å². The summed E-state index contributed by atoms with van der Waals surface area (Å²) in [7, 11) is -3.56. The number of hydrogen-bond acceptors (Lipinski definition) is 7. The van der Waals surface area contributed by atoms with E-state index in [4.69, 9.17) is 10.6 Å². The molecular formula is C10H17N5O3S. The number of sulfonamides is 1. The lowest BCUT2D eigenvalue weighted by Gasteiger charge is -2.09. The Balaban J connectivity index is 1.89. The van der Waals surface area contributed by atoms with Crippen molar-refractivity contribution in [1.82, 2.24) is 14.7 Å². The number of nitrogens with zero attached hydrogens (tertiary/aromatic N) is 2. The number of nitrogens with two attached hydrogens (primary N) is 1. The molecule has 0 radical (unpaired) electrons. The van der Waals surface area contributed by atoms with Gasteiger partial charge in [0.25, 0.3) is 0 Å². The smallest absolute Gasteiger partial charge is 0.243 e. The number of ether oxygens (including phenoxy) is 1. The summed E-state index contributed by atoms with van der Waals surface area (Å²) in [5.41, 5.74) is 2.23. The molecule has 9 heteroatoms. The Bertz CT molecular complexity index is 498. The Kier molecular flexibility index (Phi) is 4.64. The van der Waals surface area contributed by atoms with E-state index in [0.29, 0.717) is 19.1 Å². The van der Waals surface area contributed by atoms with E-state index in [9.17, 15) is 8.42 Å². The molecule has 0 aromatic carbocycles. The zero-order valence-electron chi connectivity index (χ0n) is 10.4. The molecule has 4 N–H and O–H groups in total. The molecule has 0 amide bonds. The van der Waals surface area contributed by atoms with Crippen LogP contribution in [0.1, 0.15) is 12.8 Å². The SMILES string of the molecule is NNc1ncc(S(=O)(=O)NCCC2CCOC2)cn1. The molecule has 106 valence electrons. The van der Waals surface area contributed by atoms with E-state index in [-0.39, 0.29) is 10.8 Å².